The molecule has 2 unspecified atom stereocenters. The van der Waals surface area contributed by atoms with Gasteiger partial charge in [0.25, 0.3) is 0 Å². The average Bonchev–Trinajstić information content (AvgIpc) is 2.97. The van der Waals surface area contributed by atoms with Crippen molar-refractivity contribution in [3.05, 3.63) is 16.8 Å². The number of nitrogens with zero attached hydrogens (tertiary/aromatic N) is 2. The minimum atomic E-state index is 0.726. The zero-order valence-electron chi connectivity index (χ0n) is 9.93. The van der Waals surface area contributed by atoms with Gasteiger partial charge in [0.05, 0.1) is 0 Å². The lowest BCUT2D eigenvalue weighted by Crippen LogP contribution is -2.55. The van der Waals surface area contributed by atoms with Gasteiger partial charge in [-0.15, -0.1) is 0 Å². The van der Waals surface area contributed by atoms with Gasteiger partial charge in [-0.25, -0.2) is 0 Å². The van der Waals surface area contributed by atoms with Gasteiger partial charge in [-0.3, -0.25) is 4.90 Å². The first kappa shape index (κ1) is 10.6. The lowest BCUT2D eigenvalue weighted by Gasteiger charge is -2.44. The summed E-state index contributed by atoms with van der Waals surface area (Å²) < 4.78 is 0. The van der Waals surface area contributed by atoms with Gasteiger partial charge in [0.2, 0.25) is 0 Å². The van der Waals surface area contributed by atoms with E-state index in [0.717, 1.165) is 12.1 Å². The van der Waals surface area contributed by atoms with Crippen LogP contribution in [0.15, 0.2) is 16.8 Å². The first-order chi connectivity index (χ1) is 7.88. The molecule has 2 atom stereocenters. The van der Waals surface area contributed by atoms with E-state index in [-0.39, 0.29) is 0 Å². The summed E-state index contributed by atoms with van der Waals surface area (Å²) in [5.74, 6) is 0. The summed E-state index contributed by atoms with van der Waals surface area (Å²) in [5, 5.41) is 4.50. The highest BCUT2D eigenvalue weighted by molar-refractivity contribution is 7.08. The maximum absolute atomic E-state index is 2.71. The number of hydrogen-bond acceptors (Lipinski definition) is 3. The number of hydrogen-bond donors (Lipinski definition) is 0. The number of fused-ring (bicyclic) bond motifs is 1. The van der Waals surface area contributed by atoms with E-state index in [2.05, 4.69) is 33.6 Å². The second-order valence-electron chi connectivity index (χ2n) is 4.99. The second-order valence-corrected chi connectivity index (χ2v) is 5.77. The lowest BCUT2D eigenvalue weighted by atomic mass is 10.0. The van der Waals surface area contributed by atoms with Gasteiger partial charge in [0.15, 0.2) is 0 Å². The standard InChI is InChI=1S/C13H20N2S/c1-2-11-8-14-6-3-4-12(14)9-15(11)13-5-7-16-10-13/h5,7,10-12H,2-4,6,8-9H2,1H3. The fourth-order valence-corrected chi connectivity index (χ4v) is 3.82. The molecule has 0 radical (unpaired) electrons. The molecule has 0 saturated carbocycles. The van der Waals surface area contributed by atoms with Crippen LogP contribution in [0.1, 0.15) is 26.2 Å². The van der Waals surface area contributed by atoms with Crippen molar-refractivity contribution in [3.8, 4) is 0 Å². The molecule has 88 valence electrons. The first-order valence-corrected chi connectivity index (χ1v) is 7.35. The Morgan fingerprint density at radius 2 is 2.38 bits per heavy atom. The lowest BCUT2D eigenvalue weighted by molar-refractivity contribution is 0.195. The Hall–Kier alpha value is -0.540. The topological polar surface area (TPSA) is 6.48 Å². The minimum absolute atomic E-state index is 0.726. The van der Waals surface area contributed by atoms with Crippen molar-refractivity contribution in [2.75, 3.05) is 24.5 Å². The van der Waals surface area contributed by atoms with Gasteiger partial charge in [-0.2, -0.15) is 11.3 Å². The summed E-state index contributed by atoms with van der Waals surface area (Å²) in [7, 11) is 0. The Labute approximate surface area is 102 Å². The molecule has 2 fully saturated rings. The Kier molecular flexibility index (Phi) is 2.90. The molecule has 0 aromatic carbocycles. The van der Waals surface area contributed by atoms with E-state index in [4.69, 9.17) is 0 Å². The molecule has 2 aliphatic rings. The van der Waals surface area contributed by atoms with Gasteiger partial charge < -0.3 is 4.90 Å². The summed E-state index contributed by atoms with van der Waals surface area (Å²) in [6, 6.07) is 3.82. The summed E-state index contributed by atoms with van der Waals surface area (Å²) >= 11 is 1.82. The summed E-state index contributed by atoms with van der Waals surface area (Å²) in [5.41, 5.74) is 1.45. The van der Waals surface area contributed by atoms with Gasteiger partial charge in [-0.05, 0) is 37.3 Å². The van der Waals surface area contributed by atoms with Crippen LogP contribution in [-0.2, 0) is 0 Å². The number of rotatable bonds is 2. The molecule has 0 bridgehead atoms. The predicted molar refractivity (Wildman–Crippen MR) is 70.3 cm³/mol. The van der Waals surface area contributed by atoms with Crippen molar-refractivity contribution in [3.63, 3.8) is 0 Å². The van der Waals surface area contributed by atoms with E-state index in [0.29, 0.717) is 0 Å². The fraction of sp³-hybridized carbons (Fsp3) is 0.692. The average molecular weight is 236 g/mol. The second kappa shape index (κ2) is 4.38. The van der Waals surface area contributed by atoms with Gasteiger partial charge in [0.1, 0.15) is 0 Å². The van der Waals surface area contributed by atoms with E-state index >= 15 is 0 Å². The SMILES string of the molecule is CCC1CN2CCCC2CN1c1ccsc1. The molecule has 1 aromatic heterocycles. The normalized spacial score (nSPS) is 30.7. The molecule has 1 aromatic rings. The van der Waals surface area contributed by atoms with Crippen LogP contribution >= 0.6 is 11.3 Å². The number of piperazine rings is 1. The molecule has 0 amide bonds. The quantitative estimate of drug-likeness (QED) is 0.779. The smallest absolute Gasteiger partial charge is 0.0478 e. The van der Waals surface area contributed by atoms with Crippen LogP contribution < -0.4 is 4.90 Å². The van der Waals surface area contributed by atoms with Crippen LogP contribution in [0.3, 0.4) is 0 Å². The monoisotopic (exact) mass is 236 g/mol. The van der Waals surface area contributed by atoms with E-state index in [1.54, 1.807) is 0 Å². The highest BCUT2D eigenvalue weighted by Gasteiger charge is 2.35. The maximum atomic E-state index is 2.71. The van der Waals surface area contributed by atoms with Crippen molar-refractivity contribution in [1.29, 1.82) is 0 Å². The third-order valence-corrected chi connectivity index (χ3v) is 4.77. The molecule has 3 heterocycles. The van der Waals surface area contributed by atoms with Crippen molar-refractivity contribution < 1.29 is 0 Å². The van der Waals surface area contributed by atoms with Crippen LogP contribution in [0.4, 0.5) is 5.69 Å². The third-order valence-electron chi connectivity index (χ3n) is 4.10. The Bertz CT molecular complexity index is 336. The molecule has 0 aliphatic carbocycles. The summed E-state index contributed by atoms with van der Waals surface area (Å²) in [4.78, 5) is 5.35. The highest BCUT2D eigenvalue weighted by atomic mass is 32.1. The molecule has 3 heteroatoms. The minimum Gasteiger partial charge on any atom is -0.365 e. The van der Waals surface area contributed by atoms with Gasteiger partial charge in [-0.1, -0.05) is 6.92 Å². The van der Waals surface area contributed by atoms with E-state index in [9.17, 15) is 0 Å². The molecule has 2 nitrogen and oxygen atoms in total. The number of anilines is 1. The first-order valence-electron chi connectivity index (χ1n) is 6.41. The van der Waals surface area contributed by atoms with Crippen molar-refractivity contribution in [2.45, 2.75) is 38.3 Å². The van der Waals surface area contributed by atoms with E-state index in [1.807, 2.05) is 11.3 Å². The number of thiophene rings is 1. The van der Waals surface area contributed by atoms with Crippen LogP contribution in [0, 0.1) is 0 Å². The van der Waals surface area contributed by atoms with Crippen LogP contribution in [0.25, 0.3) is 0 Å². The Morgan fingerprint density at radius 3 is 3.12 bits per heavy atom. The molecule has 2 aliphatic heterocycles. The molecule has 16 heavy (non-hydrogen) atoms. The maximum Gasteiger partial charge on any atom is 0.0478 e. The van der Waals surface area contributed by atoms with Crippen molar-refractivity contribution >= 4 is 17.0 Å². The molecule has 2 saturated heterocycles. The van der Waals surface area contributed by atoms with E-state index < -0.39 is 0 Å². The predicted octanol–water partition coefficient (Wildman–Crippen LogP) is 2.81. The van der Waals surface area contributed by atoms with Gasteiger partial charge >= 0.3 is 0 Å². The summed E-state index contributed by atoms with van der Waals surface area (Å²) in [6.07, 6.45) is 4.06. The van der Waals surface area contributed by atoms with Crippen molar-refractivity contribution in [1.82, 2.24) is 4.90 Å². The van der Waals surface area contributed by atoms with Crippen LogP contribution in [-0.4, -0.2) is 36.6 Å². The third kappa shape index (κ3) is 1.76. The van der Waals surface area contributed by atoms with E-state index in [1.165, 1.54) is 44.6 Å². The largest absolute Gasteiger partial charge is 0.365 e. The Morgan fingerprint density at radius 1 is 1.44 bits per heavy atom. The Balaban J connectivity index is 1.81. The zero-order valence-corrected chi connectivity index (χ0v) is 10.7. The molecular formula is C13H20N2S. The highest BCUT2D eigenvalue weighted by Crippen LogP contribution is 2.30. The summed E-state index contributed by atoms with van der Waals surface area (Å²) in [6.45, 7) is 6.17. The fourth-order valence-electron chi connectivity index (χ4n) is 3.17. The van der Waals surface area contributed by atoms with Crippen LogP contribution in [0.5, 0.6) is 0 Å². The van der Waals surface area contributed by atoms with Gasteiger partial charge in [0, 0.05) is 36.2 Å². The van der Waals surface area contributed by atoms with Crippen LogP contribution in [0.2, 0.25) is 0 Å². The zero-order chi connectivity index (χ0) is 11.0. The molecule has 3 rings (SSSR count). The van der Waals surface area contributed by atoms with Crippen molar-refractivity contribution in [2.24, 2.45) is 0 Å². The molecular weight excluding hydrogens is 216 g/mol. The molecule has 0 N–H and O–H groups in total. The molecule has 0 spiro atoms.